The molecule has 2 aromatic heterocycles. The fraction of sp³-hybridized carbons (Fsp3) is 0.333. The van der Waals surface area contributed by atoms with E-state index in [0.29, 0.717) is 15.8 Å². The van der Waals surface area contributed by atoms with E-state index in [4.69, 9.17) is 12.2 Å². The van der Waals surface area contributed by atoms with Crippen molar-refractivity contribution in [2.24, 2.45) is 0 Å². The molecule has 2 rings (SSSR count). The molecule has 1 atom stereocenters. The molecule has 84 valence electrons. The molecule has 0 aliphatic heterocycles. The second kappa shape index (κ2) is 4.01. The van der Waals surface area contributed by atoms with E-state index in [1.807, 2.05) is 0 Å². The molecule has 1 N–H and O–H groups in total. The molecule has 0 aliphatic carbocycles. The van der Waals surface area contributed by atoms with Crippen molar-refractivity contribution in [1.29, 1.82) is 0 Å². The van der Waals surface area contributed by atoms with Gasteiger partial charge in [0.2, 0.25) is 0 Å². The highest BCUT2D eigenvalue weighted by Gasteiger charge is 2.18. The third kappa shape index (κ3) is 1.58. The van der Waals surface area contributed by atoms with E-state index in [2.05, 4.69) is 19.7 Å². The summed E-state index contributed by atoms with van der Waals surface area (Å²) in [6.07, 6.45) is 3.02. The predicted octanol–water partition coefficient (Wildman–Crippen LogP) is 1.22. The lowest BCUT2D eigenvalue weighted by molar-refractivity contribution is -0.143. The highest BCUT2D eigenvalue weighted by molar-refractivity contribution is 7.71. The van der Waals surface area contributed by atoms with Crippen LogP contribution in [0.15, 0.2) is 12.7 Å². The number of nitrogens with one attached hydrogen (secondary N) is 1. The van der Waals surface area contributed by atoms with Crippen molar-refractivity contribution in [3.63, 3.8) is 0 Å². The van der Waals surface area contributed by atoms with E-state index < -0.39 is 6.04 Å². The average molecular weight is 238 g/mol. The Morgan fingerprint density at radius 1 is 1.62 bits per heavy atom. The van der Waals surface area contributed by atoms with Crippen molar-refractivity contribution in [3.05, 3.63) is 17.3 Å². The minimum Gasteiger partial charge on any atom is -0.467 e. The molecule has 0 fully saturated rings. The monoisotopic (exact) mass is 238 g/mol. The maximum absolute atomic E-state index is 11.4. The van der Waals surface area contributed by atoms with E-state index in [-0.39, 0.29) is 5.97 Å². The summed E-state index contributed by atoms with van der Waals surface area (Å²) in [4.78, 5) is 22.4. The van der Waals surface area contributed by atoms with Gasteiger partial charge in [-0.05, 0) is 6.92 Å². The number of hydrogen-bond donors (Lipinski definition) is 1. The Bertz CT molecular complexity index is 588. The van der Waals surface area contributed by atoms with Gasteiger partial charge in [-0.1, -0.05) is 12.2 Å². The molecule has 16 heavy (non-hydrogen) atoms. The molecule has 0 spiro atoms. The van der Waals surface area contributed by atoms with Gasteiger partial charge < -0.3 is 14.3 Å². The first kappa shape index (κ1) is 10.7. The van der Waals surface area contributed by atoms with Crippen LogP contribution >= 0.6 is 12.2 Å². The molecule has 2 aromatic rings. The number of aromatic amines is 1. The van der Waals surface area contributed by atoms with Crippen LogP contribution in [0, 0.1) is 4.64 Å². The summed E-state index contributed by atoms with van der Waals surface area (Å²) in [5.41, 5.74) is 1.24. The van der Waals surface area contributed by atoms with Crippen LogP contribution in [0.4, 0.5) is 0 Å². The number of aromatic nitrogens is 4. The third-order valence-corrected chi connectivity index (χ3v) is 2.64. The number of nitrogens with zero attached hydrogens (tertiary/aromatic N) is 3. The van der Waals surface area contributed by atoms with Gasteiger partial charge in [-0.15, -0.1) is 0 Å². The van der Waals surface area contributed by atoms with Crippen LogP contribution < -0.4 is 0 Å². The quantitative estimate of drug-likeness (QED) is 0.629. The van der Waals surface area contributed by atoms with Gasteiger partial charge in [0.05, 0.1) is 19.8 Å². The first-order valence-corrected chi connectivity index (χ1v) is 5.04. The van der Waals surface area contributed by atoms with Crippen LogP contribution in [-0.4, -0.2) is 32.6 Å². The first-order chi connectivity index (χ1) is 7.65. The van der Waals surface area contributed by atoms with Crippen molar-refractivity contribution < 1.29 is 9.53 Å². The molecule has 0 amide bonds. The average Bonchev–Trinajstić information content (AvgIpc) is 2.72. The zero-order chi connectivity index (χ0) is 11.7. The number of ether oxygens (including phenoxy) is 1. The van der Waals surface area contributed by atoms with E-state index >= 15 is 0 Å². The molecular formula is C9H10N4O2S. The number of methoxy groups -OCH3 is 1. The van der Waals surface area contributed by atoms with Gasteiger partial charge in [-0.2, -0.15) is 0 Å². The van der Waals surface area contributed by atoms with Crippen LogP contribution in [0.5, 0.6) is 0 Å². The Morgan fingerprint density at radius 3 is 3.06 bits per heavy atom. The van der Waals surface area contributed by atoms with Gasteiger partial charge >= 0.3 is 5.97 Å². The standard InChI is InChI=1S/C9H10N4O2S/c1-5(9(14)15-2)13-4-12-7-6(13)8(16)11-3-10-7/h3-5H,1-2H3,(H,10,11,16)/t5-/m0/s1. The summed E-state index contributed by atoms with van der Waals surface area (Å²) >= 11 is 5.09. The maximum Gasteiger partial charge on any atom is 0.328 e. The summed E-state index contributed by atoms with van der Waals surface area (Å²) in [5, 5.41) is 0. The number of esters is 1. The molecule has 0 aromatic carbocycles. The fourth-order valence-electron chi connectivity index (χ4n) is 1.47. The normalized spacial score (nSPS) is 12.6. The highest BCUT2D eigenvalue weighted by atomic mass is 32.1. The Hall–Kier alpha value is -1.76. The van der Waals surface area contributed by atoms with E-state index in [1.165, 1.54) is 13.4 Å². The lowest BCUT2D eigenvalue weighted by Crippen LogP contribution is -2.17. The molecule has 2 heterocycles. The largest absolute Gasteiger partial charge is 0.467 e. The van der Waals surface area contributed by atoms with Gasteiger partial charge in [-0.25, -0.2) is 14.8 Å². The first-order valence-electron chi connectivity index (χ1n) is 4.63. The number of fused-ring (bicyclic) bond motifs is 1. The number of H-pyrrole nitrogens is 1. The Kier molecular flexibility index (Phi) is 2.69. The lowest BCUT2D eigenvalue weighted by atomic mass is 10.3. The zero-order valence-corrected chi connectivity index (χ0v) is 9.61. The van der Waals surface area contributed by atoms with Crippen molar-refractivity contribution >= 4 is 29.4 Å². The zero-order valence-electron chi connectivity index (χ0n) is 8.80. The van der Waals surface area contributed by atoms with Gasteiger partial charge in [-0.3, -0.25) is 0 Å². The highest BCUT2D eigenvalue weighted by Crippen LogP contribution is 2.16. The number of carbonyl (C=O) groups excluding carboxylic acids is 1. The van der Waals surface area contributed by atoms with Gasteiger partial charge in [0.25, 0.3) is 0 Å². The number of hydrogen-bond acceptors (Lipinski definition) is 5. The van der Waals surface area contributed by atoms with Gasteiger partial charge in [0.1, 0.15) is 11.6 Å². The summed E-state index contributed by atoms with van der Waals surface area (Å²) in [5.74, 6) is -0.349. The summed E-state index contributed by atoms with van der Waals surface area (Å²) < 4.78 is 6.72. The van der Waals surface area contributed by atoms with E-state index in [0.717, 1.165) is 0 Å². The summed E-state index contributed by atoms with van der Waals surface area (Å²) in [6, 6.07) is -0.478. The minimum atomic E-state index is -0.478. The van der Waals surface area contributed by atoms with E-state index in [1.54, 1.807) is 17.8 Å². The molecule has 0 bridgehead atoms. The van der Waals surface area contributed by atoms with Gasteiger partial charge in [0.15, 0.2) is 10.3 Å². The second-order valence-electron chi connectivity index (χ2n) is 3.26. The van der Waals surface area contributed by atoms with Crippen LogP contribution in [0.25, 0.3) is 11.2 Å². The van der Waals surface area contributed by atoms with Crippen molar-refractivity contribution in [2.75, 3.05) is 7.11 Å². The Morgan fingerprint density at radius 2 is 2.38 bits per heavy atom. The molecular weight excluding hydrogens is 228 g/mol. The summed E-state index contributed by atoms with van der Waals surface area (Å²) in [6.45, 7) is 1.72. The summed E-state index contributed by atoms with van der Waals surface area (Å²) in [7, 11) is 1.34. The smallest absolute Gasteiger partial charge is 0.328 e. The molecule has 6 nitrogen and oxygen atoms in total. The predicted molar refractivity (Wildman–Crippen MR) is 59.4 cm³/mol. The molecule has 0 saturated heterocycles. The minimum absolute atomic E-state index is 0.349. The van der Waals surface area contributed by atoms with E-state index in [9.17, 15) is 4.79 Å². The van der Waals surface area contributed by atoms with Crippen LogP contribution in [-0.2, 0) is 9.53 Å². The van der Waals surface area contributed by atoms with Crippen molar-refractivity contribution in [3.8, 4) is 0 Å². The molecule has 0 saturated carbocycles. The maximum atomic E-state index is 11.4. The topological polar surface area (TPSA) is 72.8 Å². The van der Waals surface area contributed by atoms with Crippen LogP contribution in [0.1, 0.15) is 13.0 Å². The van der Waals surface area contributed by atoms with Crippen LogP contribution in [0.2, 0.25) is 0 Å². The fourth-order valence-corrected chi connectivity index (χ4v) is 1.72. The molecule has 0 unspecified atom stereocenters. The van der Waals surface area contributed by atoms with Crippen molar-refractivity contribution in [1.82, 2.24) is 19.5 Å². The molecule has 0 radical (unpaired) electrons. The van der Waals surface area contributed by atoms with Crippen LogP contribution in [0.3, 0.4) is 0 Å². The number of imidazole rings is 1. The second-order valence-corrected chi connectivity index (χ2v) is 3.64. The molecule has 0 aliphatic rings. The number of carbonyl (C=O) groups is 1. The Labute approximate surface area is 96.3 Å². The molecule has 7 heteroatoms. The Balaban J connectivity index is 2.62. The number of rotatable bonds is 2. The lowest BCUT2D eigenvalue weighted by Gasteiger charge is -2.10. The van der Waals surface area contributed by atoms with Crippen molar-refractivity contribution in [2.45, 2.75) is 13.0 Å². The third-order valence-electron chi connectivity index (χ3n) is 2.34. The van der Waals surface area contributed by atoms with Gasteiger partial charge in [0, 0.05) is 0 Å². The SMILES string of the molecule is COC(=O)[C@H](C)n1cnc2[nH]cnc(=S)c21.